The minimum atomic E-state index is -0.543. The van der Waals surface area contributed by atoms with Crippen molar-refractivity contribution in [2.24, 2.45) is 0 Å². The number of carbonyl (C=O) groups excluding carboxylic acids is 1. The number of esters is 1. The van der Waals surface area contributed by atoms with Crippen LogP contribution in [-0.2, 0) is 14.3 Å². The number of nitrogens with one attached hydrogen (secondary N) is 1. The van der Waals surface area contributed by atoms with E-state index in [9.17, 15) is 4.79 Å². The number of nitrogens with zero attached hydrogens (tertiary/aromatic N) is 3. The lowest BCUT2D eigenvalue weighted by atomic mass is 10.1. The Morgan fingerprint density at radius 2 is 1.82 bits per heavy atom. The van der Waals surface area contributed by atoms with Gasteiger partial charge in [0.05, 0.1) is 20.5 Å². The second kappa shape index (κ2) is 9.13. The zero-order valence-corrected chi connectivity index (χ0v) is 15.3. The number of hydrogen-bond acceptors (Lipinski definition) is 8. The van der Waals surface area contributed by atoms with E-state index in [-0.39, 0.29) is 5.57 Å². The Morgan fingerprint density at radius 1 is 1.00 bits per heavy atom. The fraction of sp³-hybridized carbons (Fsp3) is 0.100. The Hall–Kier alpha value is -3.94. The summed E-state index contributed by atoms with van der Waals surface area (Å²) in [7, 11) is 2.75. The van der Waals surface area contributed by atoms with Gasteiger partial charge >= 0.3 is 5.97 Å². The fourth-order valence-corrected chi connectivity index (χ4v) is 2.37. The van der Waals surface area contributed by atoms with Crippen LogP contribution in [0.4, 0.5) is 11.6 Å². The van der Waals surface area contributed by atoms with Gasteiger partial charge in [-0.15, -0.1) is 0 Å². The van der Waals surface area contributed by atoms with Crippen molar-refractivity contribution in [3.63, 3.8) is 0 Å². The topological polar surface area (TPSA) is 95.5 Å². The van der Waals surface area contributed by atoms with Gasteiger partial charge in [-0.3, -0.25) is 0 Å². The molecule has 3 aromatic rings. The molecule has 1 N–H and O–H groups in total. The number of pyridine rings is 1. The molecular formula is C20H18N4O4. The van der Waals surface area contributed by atoms with Crippen LogP contribution in [-0.4, -0.2) is 35.1 Å². The lowest BCUT2D eigenvalue weighted by molar-refractivity contribution is -0.133. The largest absolute Gasteiger partial charge is 0.503 e. The van der Waals surface area contributed by atoms with Crippen molar-refractivity contribution in [3.05, 3.63) is 72.9 Å². The van der Waals surface area contributed by atoms with E-state index in [1.54, 1.807) is 36.5 Å². The highest BCUT2D eigenvalue weighted by molar-refractivity contribution is 6.17. The molecule has 0 saturated heterocycles. The normalized spacial score (nSPS) is 10.9. The summed E-state index contributed by atoms with van der Waals surface area (Å²) in [5.74, 6) is 1.32. The molecule has 2 aromatic heterocycles. The Bertz CT molecular complexity index is 977. The van der Waals surface area contributed by atoms with E-state index in [2.05, 4.69) is 20.3 Å². The second-order valence-corrected chi connectivity index (χ2v) is 5.44. The molecule has 1 aromatic carbocycles. The second-order valence-electron chi connectivity index (χ2n) is 5.44. The highest BCUT2D eigenvalue weighted by Gasteiger charge is 2.18. The molecule has 8 nitrogen and oxygen atoms in total. The summed E-state index contributed by atoms with van der Waals surface area (Å²) >= 11 is 0. The van der Waals surface area contributed by atoms with Crippen LogP contribution < -0.4 is 10.1 Å². The maximum atomic E-state index is 12.1. The molecule has 0 aliphatic carbocycles. The van der Waals surface area contributed by atoms with E-state index in [0.29, 0.717) is 28.8 Å². The third-order valence-electron chi connectivity index (χ3n) is 3.60. The number of para-hydroxylation sites is 1. The van der Waals surface area contributed by atoms with Gasteiger partial charge in [-0.1, -0.05) is 24.3 Å². The van der Waals surface area contributed by atoms with Crippen LogP contribution in [0.1, 0.15) is 5.56 Å². The van der Waals surface area contributed by atoms with Crippen LogP contribution in [0.2, 0.25) is 0 Å². The first-order valence-corrected chi connectivity index (χ1v) is 8.30. The van der Waals surface area contributed by atoms with Crippen molar-refractivity contribution in [1.29, 1.82) is 0 Å². The highest BCUT2D eigenvalue weighted by Crippen LogP contribution is 2.30. The third-order valence-corrected chi connectivity index (χ3v) is 3.60. The molecule has 0 aliphatic heterocycles. The van der Waals surface area contributed by atoms with E-state index >= 15 is 0 Å². The van der Waals surface area contributed by atoms with Crippen molar-refractivity contribution < 1.29 is 19.0 Å². The van der Waals surface area contributed by atoms with E-state index in [1.807, 2.05) is 18.2 Å². The minimum absolute atomic E-state index is 0.224. The van der Waals surface area contributed by atoms with Crippen LogP contribution in [0.5, 0.6) is 11.6 Å². The lowest BCUT2D eigenvalue weighted by Gasteiger charge is -2.12. The van der Waals surface area contributed by atoms with E-state index in [0.717, 1.165) is 0 Å². The molecule has 0 bridgehead atoms. The van der Waals surface area contributed by atoms with Crippen molar-refractivity contribution >= 4 is 23.2 Å². The van der Waals surface area contributed by atoms with Gasteiger partial charge in [0.15, 0.2) is 0 Å². The first-order valence-electron chi connectivity index (χ1n) is 8.30. The minimum Gasteiger partial charge on any atom is -0.503 e. The molecule has 28 heavy (non-hydrogen) atoms. The lowest BCUT2D eigenvalue weighted by Crippen LogP contribution is -2.06. The first-order chi connectivity index (χ1) is 13.7. The van der Waals surface area contributed by atoms with Crippen molar-refractivity contribution in [3.8, 4) is 11.6 Å². The summed E-state index contributed by atoms with van der Waals surface area (Å²) in [5, 5.41) is 3.07. The summed E-state index contributed by atoms with van der Waals surface area (Å²) in [6.45, 7) is 0. The summed E-state index contributed by atoms with van der Waals surface area (Å²) in [4.78, 5) is 24.6. The molecular weight excluding hydrogens is 360 g/mol. The van der Waals surface area contributed by atoms with Gasteiger partial charge in [-0.2, -0.15) is 0 Å². The summed E-state index contributed by atoms with van der Waals surface area (Å²) < 4.78 is 15.7. The zero-order valence-electron chi connectivity index (χ0n) is 15.3. The number of ether oxygens (including phenoxy) is 3. The predicted octanol–water partition coefficient (Wildman–Crippen LogP) is 3.57. The molecule has 0 saturated carbocycles. The quantitative estimate of drug-likeness (QED) is 0.379. The molecule has 0 spiro atoms. The van der Waals surface area contributed by atoms with Gasteiger partial charge in [-0.05, 0) is 18.2 Å². The van der Waals surface area contributed by atoms with Gasteiger partial charge in [0, 0.05) is 17.8 Å². The number of anilines is 2. The highest BCUT2D eigenvalue weighted by atomic mass is 16.5. The third kappa shape index (κ3) is 4.61. The van der Waals surface area contributed by atoms with Crippen LogP contribution >= 0.6 is 0 Å². The maximum absolute atomic E-state index is 12.1. The Balaban J connectivity index is 1.87. The van der Waals surface area contributed by atoms with E-state index < -0.39 is 5.97 Å². The number of rotatable bonds is 7. The van der Waals surface area contributed by atoms with Crippen molar-refractivity contribution in [1.82, 2.24) is 15.0 Å². The Kier molecular flexibility index (Phi) is 6.14. The standard InChI is InChI=1S/C20H18N4O4/c1-26-12-15(20(25)27-2)14-7-3-4-8-16(14)28-19-11-18(22-13-23-19)24-17-9-5-6-10-21-17/h3-13H,1-2H3,(H,21,22,23,24)/b15-12+. The molecule has 8 heteroatoms. The SMILES string of the molecule is CO/C=C(/C(=O)OC)c1ccccc1Oc1cc(Nc2ccccn2)ncn1. The number of hydrogen-bond donors (Lipinski definition) is 1. The van der Waals surface area contributed by atoms with Gasteiger partial charge < -0.3 is 19.5 Å². The molecule has 0 radical (unpaired) electrons. The van der Waals surface area contributed by atoms with Crippen LogP contribution in [0, 0.1) is 0 Å². The maximum Gasteiger partial charge on any atom is 0.341 e. The van der Waals surface area contributed by atoms with E-state index in [4.69, 9.17) is 14.2 Å². The number of aromatic nitrogens is 3. The molecule has 3 rings (SSSR count). The number of benzene rings is 1. The molecule has 0 amide bonds. The number of carbonyl (C=O) groups is 1. The zero-order chi connectivity index (χ0) is 19.8. The average molecular weight is 378 g/mol. The monoisotopic (exact) mass is 378 g/mol. The fourth-order valence-electron chi connectivity index (χ4n) is 2.37. The van der Waals surface area contributed by atoms with Gasteiger partial charge in [0.1, 0.15) is 29.3 Å². The Morgan fingerprint density at radius 3 is 2.57 bits per heavy atom. The van der Waals surface area contributed by atoms with Gasteiger partial charge in [0.25, 0.3) is 0 Å². The van der Waals surface area contributed by atoms with Crippen molar-refractivity contribution in [2.45, 2.75) is 0 Å². The van der Waals surface area contributed by atoms with Crippen LogP contribution in [0.25, 0.3) is 5.57 Å². The van der Waals surface area contributed by atoms with Gasteiger partial charge in [-0.25, -0.2) is 19.7 Å². The predicted molar refractivity (Wildman–Crippen MR) is 103 cm³/mol. The molecule has 0 atom stereocenters. The molecule has 0 aliphatic rings. The van der Waals surface area contributed by atoms with Crippen molar-refractivity contribution in [2.75, 3.05) is 19.5 Å². The smallest absolute Gasteiger partial charge is 0.341 e. The molecule has 0 unspecified atom stereocenters. The summed E-state index contributed by atoms with van der Waals surface area (Å²) in [6.07, 6.45) is 4.35. The van der Waals surface area contributed by atoms with E-state index in [1.165, 1.54) is 26.8 Å². The molecule has 2 heterocycles. The number of methoxy groups -OCH3 is 2. The summed E-state index contributed by atoms with van der Waals surface area (Å²) in [6, 6.07) is 14.1. The summed E-state index contributed by atoms with van der Waals surface area (Å²) in [5.41, 5.74) is 0.732. The van der Waals surface area contributed by atoms with Gasteiger partial charge in [0.2, 0.25) is 5.88 Å². The van der Waals surface area contributed by atoms with Crippen LogP contribution in [0.15, 0.2) is 67.3 Å². The molecule has 142 valence electrons. The molecule has 0 fully saturated rings. The average Bonchev–Trinajstić information content (AvgIpc) is 2.73. The Labute approximate surface area is 161 Å². The van der Waals surface area contributed by atoms with Crippen LogP contribution in [0.3, 0.4) is 0 Å². The first kappa shape index (κ1) is 18.8.